The van der Waals surface area contributed by atoms with Gasteiger partial charge in [0.2, 0.25) is 0 Å². The molecular formula is C30H39N7O. The highest BCUT2D eigenvalue weighted by molar-refractivity contribution is 6.06. The normalized spacial score (nSPS) is 11.4. The Balaban J connectivity index is 1.48. The zero-order valence-corrected chi connectivity index (χ0v) is 22.7. The fourth-order valence-corrected chi connectivity index (χ4v) is 4.75. The number of anilines is 1. The summed E-state index contributed by atoms with van der Waals surface area (Å²) in [7, 11) is 1.85. The maximum absolute atomic E-state index is 13.7. The number of hydrogen-bond acceptors (Lipinski definition) is 5. The standard InChI is InChI=1S/C30H39N7O/c1-4-18-36(19-5-2)20-24-10-12-26(13-11-24)35(3)30(38)27-9-7-6-8-25(27)21-37(22-28-31-14-15-32-28)23-29-33-16-17-34-29/h6-17H,4-5,18-23H2,1-3H3,(H,31,32)(H,33,34). The van der Waals surface area contributed by atoms with Crippen LogP contribution in [0.15, 0.2) is 73.3 Å². The number of hydrogen-bond donors (Lipinski definition) is 2. The number of H-pyrrole nitrogens is 2. The van der Waals surface area contributed by atoms with Crippen molar-refractivity contribution in [2.75, 3.05) is 25.0 Å². The van der Waals surface area contributed by atoms with Crippen LogP contribution in [0.5, 0.6) is 0 Å². The lowest BCUT2D eigenvalue weighted by Gasteiger charge is -2.24. The Labute approximate surface area is 225 Å². The molecule has 0 aliphatic rings. The molecule has 2 aromatic carbocycles. The third-order valence-corrected chi connectivity index (χ3v) is 6.61. The van der Waals surface area contributed by atoms with Gasteiger partial charge in [-0.1, -0.05) is 44.2 Å². The molecule has 4 rings (SSSR count). The molecule has 0 fully saturated rings. The summed E-state index contributed by atoms with van der Waals surface area (Å²) in [6.07, 6.45) is 9.45. The number of carbonyl (C=O) groups is 1. The second kappa shape index (κ2) is 13.7. The third kappa shape index (κ3) is 7.40. The van der Waals surface area contributed by atoms with Gasteiger partial charge in [-0.05, 0) is 55.3 Å². The van der Waals surface area contributed by atoms with E-state index in [1.165, 1.54) is 5.56 Å². The maximum Gasteiger partial charge on any atom is 0.258 e. The second-order valence-corrected chi connectivity index (χ2v) is 9.68. The summed E-state index contributed by atoms with van der Waals surface area (Å²) in [5.41, 5.74) is 3.81. The summed E-state index contributed by atoms with van der Waals surface area (Å²) in [5, 5.41) is 0. The lowest BCUT2D eigenvalue weighted by Crippen LogP contribution is -2.29. The smallest absolute Gasteiger partial charge is 0.258 e. The van der Waals surface area contributed by atoms with Crippen LogP contribution in [0.2, 0.25) is 0 Å². The number of rotatable bonds is 14. The summed E-state index contributed by atoms with van der Waals surface area (Å²) >= 11 is 0. The zero-order chi connectivity index (χ0) is 26.7. The van der Waals surface area contributed by atoms with E-state index in [9.17, 15) is 4.79 Å². The molecule has 4 aromatic rings. The Hall–Kier alpha value is -3.75. The minimum absolute atomic E-state index is 0.0251. The summed E-state index contributed by atoms with van der Waals surface area (Å²) in [6, 6.07) is 16.2. The largest absolute Gasteiger partial charge is 0.348 e. The van der Waals surface area contributed by atoms with Gasteiger partial charge in [0, 0.05) is 56.2 Å². The van der Waals surface area contributed by atoms with Gasteiger partial charge in [-0.15, -0.1) is 0 Å². The van der Waals surface area contributed by atoms with Crippen LogP contribution >= 0.6 is 0 Å². The SMILES string of the molecule is CCCN(CCC)Cc1ccc(N(C)C(=O)c2ccccc2CN(Cc2ncc[nH]2)Cc2ncc[nH]2)cc1. The van der Waals surface area contributed by atoms with E-state index in [1.54, 1.807) is 17.3 Å². The van der Waals surface area contributed by atoms with E-state index >= 15 is 0 Å². The maximum atomic E-state index is 13.7. The first-order valence-electron chi connectivity index (χ1n) is 13.4. The minimum Gasteiger partial charge on any atom is -0.348 e. The van der Waals surface area contributed by atoms with Gasteiger partial charge in [0.15, 0.2) is 0 Å². The number of amides is 1. The van der Waals surface area contributed by atoms with Gasteiger partial charge in [-0.2, -0.15) is 0 Å². The van der Waals surface area contributed by atoms with E-state index < -0.39 is 0 Å². The Bertz CT molecular complexity index is 1190. The van der Waals surface area contributed by atoms with Crippen molar-refractivity contribution in [3.63, 3.8) is 0 Å². The quantitative estimate of drug-likeness (QED) is 0.241. The molecule has 0 unspecified atom stereocenters. The van der Waals surface area contributed by atoms with Crippen molar-refractivity contribution in [2.45, 2.75) is 52.9 Å². The first-order valence-corrected chi connectivity index (χ1v) is 13.4. The molecule has 0 aliphatic heterocycles. The number of nitrogens with one attached hydrogen (secondary N) is 2. The number of aromatic amines is 2. The molecule has 0 saturated heterocycles. The third-order valence-electron chi connectivity index (χ3n) is 6.61. The summed E-state index contributed by atoms with van der Waals surface area (Å²) in [4.78, 5) is 35.3. The Kier molecular flexibility index (Phi) is 9.84. The van der Waals surface area contributed by atoms with Crippen LogP contribution in [0.25, 0.3) is 0 Å². The molecule has 2 aromatic heterocycles. The summed E-state index contributed by atoms with van der Waals surface area (Å²) in [6.45, 7) is 9.38. The highest BCUT2D eigenvalue weighted by Crippen LogP contribution is 2.21. The van der Waals surface area contributed by atoms with Gasteiger partial charge in [0.1, 0.15) is 11.6 Å². The number of benzene rings is 2. The Morgan fingerprint density at radius 2 is 1.37 bits per heavy atom. The van der Waals surface area contributed by atoms with Crippen molar-refractivity contribution in [3.05, 3.63) is 102 Å². The lowest BCUT2D eigenvalue weighted by atomic mass is 10.0. The predicted octanol–water partition coefficient (Wildman–Crippen LogP) is 5.23. The average molecular weight is 514 g/mol. The fraction of sp³-hybridized carbons (Fsp3) is 0.367. The molecule has 0 bridgehead atoms. The summed E-state index contributed by atoms with van der Waals surface area (Å²) < 4.78 is 0. The van der Waals surface area contributed by atoms with Crippen LogP contribution in [-0.4, -0.2) is 55.8 Å². The Morgan fingerprint density at radius 3 is 1.92 bits per heavy atom. The zero-order valence-electron chi connectivity index (χ0n) is 22.7. The van der Waals surface area contributed by atoms with Crippen molar-refractivity contribution in [1.82, 2.24) is 29.7 Å². The van der Waals surface area contributed by atoms with Gasteiger partial charge >= 0.3 is 0 Å². The predicted molar refractivity (Wildman–Crippen MR) is 152 cm³/mol. The fourth-order valence-electron chi connectivity index (χ4n) is 4.75. The number of imidazole rings is 2. The van der Waals surface area contributed by atoms with Crippen molar-refractivity contribution in [3.8, 4) is 0 Å². The molecule has 2 heterocycles. The van der Waals surface area contributed by atoms with Gasteiger partial charge in [0.05, 0.1) is 13.1 Å². The Morgan fingerprint density at radius 1 is 0.763 bits per heavy atom. The highest BCUT2D eigenvalue weighted by Gasteiger charge is 2.20. The van der Waals surface area contributed by atoms with Crippen LogP contribution in [0, 0.1) is 0 Å². The van der Waals surface area contributed by atoms with Gasteiger partial charge < -0.3 is 14.9 Å². The van der Waals surface area contributed by atoms with E-state index in [2.05, 4.69) is 55.7 Å². The molecular weight excluding hydrogens is 474 g/mol. The molecule has 0 atom stereocenters. The molecule has 8 nitrogen and oxygen atoms in total. The van der Waals surface area contributed by atoms with E-state index in [-0.39, 0.29) is 5.91 Å². The molecule has 1 amide bonds. The van der Waals surface area contributed by atoms with Crippen molar-refractivity contribution in [1.29, 1.82) is 0 Å². The first-order chi connectivity index (χ1) is 18.6. The number of carbonyl (C=O) groups excluding carboxylic acids is 1. The van der Waals surface area contributed by atoms with E-state index in [1.807, 2.05) is 55.8 Å². The van der Waals surface area contributed by atoms with E-state index in [0.29, 0.717) is 25.2 Å². The van der Waals surface area contributed by atoms with Crippen molar-refractivity contribution in [2.24, 2.45) is 0 Å². The van der Waals surface area contributed by atoms with E-state index in [4.69, 9.17) is 0 Å². The van der Waals surface area contributed by atoms with Gasteiger partial charge in [-0.25, -0.2) is 9.97 Å². The molecule has 8 heteroatoms. The summed E-state index contributed by atoms with van der Waals surface area (Å²) in [5.74, 6) is 1.71. The van der Waals surface area contributed by atoms with Crippen molar-refractivity contribution >= 4 is 11.6 Å². The lowest BCUT2D eigenvalue weighted by molar-refractivity contribution is 0.0990. The highest BCUT2D eigenvalue weighted by atomic mass is 16.2. The monoisotopic (exact) mass is 513 g/mol. The molecule has 2 N–H and O–H groups in total. The molecule has 0 aliphatic carbocycles. The molecule has 200 valence electrons. The second-order valence-electron chi connectivity index (χ2n) is 9.68. The van der Waals surface area contributed by atoms with Gasteiger partial charge in [0.25, 0.3) is 5.91 Å². The van der Waals surface area contributed by atoms with E-state index in [0.717, 1.165) is 55.4 Å². The molecule has 0 saturated carbocycles. The number of aromatic nitrogens is 4. The van der Waals surface area contributed by atoms with Crippen LogP contribution in [0.1, 0.15) is 59.8 Å². The molecule has 38 heavy (non-hydrogen) atoms. The van der Waals surface area contributed by atoms with Crippen LogP contribution in [0.4, 0.5) is 5.69 Å². The van der Waals surface area contributed by atoms with Crippen LogP contribution in [0.3, 0.4) is 0 Å². The first kappa shape index (κ1) is 27.3. The average Bonchev–Trinajstić information content (AvgIpc) is 3.64. The molecule has 0 radical (unpaired) electrons. The minimum atomic E-state index is -0.0251. The van der Waals surface area contributed by atoms with Gasteiger partial charge in [-0.3, -0.25) is 14.6 Å². The van der Waals surface area contributed by atoms with Crippen molar-refractivity contribution < 1.29 is 4.79 Å². The number of nitrogens with zero attached hydrogens (tertiary/aromatic N) is 5. The van der Waals surface area contributed by atoms with Crippen LogP contribution in [-0.2, 0) is 26.2 Å². The van der Waals surface area contributed by atoms with Crippen LogP contribution < -0.4 is 4.90 Å². The topological polar surface area (TPSA) is 84.2 Å². The molecule has 0 spiro atoms.